The predicted octanol–water partition coefficient (Wildman–Crippen LogP) is 3.38. The first kappa shape index (κ1) is 12.0. The van der Waals surface area contributed by atoms with Gasteiger partial charge >= 0.3 is 0 Å². The lowest BCUT2D eigenvalue weighted by Crippen LogP contribution is -2.25. The second kappa shape index (κ2) is 4.90. The summed E-state index contributed by atoms with van der Waals surface area (Å²) in [6, 6.07) is 20.5. The van der Waals surface area contributed by atoms with Crippen LogP contribution in [0.1, 0.15) is 11.1 Å². The summed E-state index contributed by atoms with van der Waals surface area (Å²) in [5, 5.41) is 0. The fraction of sp³-hybridized carbons (Fsp3) is 0.200. The monoisotopic (exact) mass is 274 g/mol. The van der Waals surface area contributed by atoms with Crippen molar-refractivity contribution in [2.24, 2.45) is 0 Å². The predicted molar refractivity (Wildman–Crippen MR) is 79.1 cm³/mol. The third-order valence-corrected chi connectivity index (χ3v) is 7.35. The molecule has 3 rings (SSSR count). The van der Waals surface area contributed by atoms with Gasteiger partial charge in [-0.05, 0) is 11.1 Å². The molecule has 1 aliphatic rings. The molecule has 0 saturated carbocycles. The molecular formula is C15H14OS2. The van der Waals surface area contributed by atoms with Crippen LogP contribution in [0.25, 0.3) is 0 Å². The van der Waals surface area contributed by atoms with E-state index in [0.717, 1.165) is 22.6 Å². The van der Waals surface area contributed by atoms with Crippen LogP contribution in [0.5, 0.6) is 0 Å². The number of rotatable bonds is 2. The van der Waals surface area contributed by atoms with Crippen LogP contribution in [0.4, 0.5) is 0 Å². The lowest BCUT2D eigenvalue weighted by molar-refractivity contribution is 0.677. The first-order valence-corrected chi connectivity index (χ1v) is 8.28. The van der Waals surface area contributed by atoms with E-state index in [9.17, 15) is 4.21 Å². The van der Waals surface area contributed by atoms with Gasteiger partial charge in [-0.1, -0.05) is 60.7 Å². The van der Waals surface area contributed by atoms with E-state index in [1.165, 1.54) is 0 Å². The van der Waals surface area contributed by atoms with Crippen LogP contribution in [0, 0.1) is 0 Å². The van der Waals surface area contributed by atoms with Gasteiger partial charge in [0.15, 0.2) is 0 Å². The Bertz CT molecular complexity index is 512. The normalized spacial score (nSPS) is 21.9. The summed E-state index contributed by atoms with van der Waals surface area (Å²) in [4.78, 5) is 0. The number of benzene rings is 2. The second-order valence-corrected chi connectivity index (χ2v) is 7.53. The standard InChI is InChI=1S/C15H14OS2/c16-18-12-11-17-15(18,13-7-3-1-4-8-13)14-9-5-2-6-10-14/h1-10H,11-12H2. The van der Waals surface area contributed by atoms with Gasteiger partial charge in [-0.3, -0.25) is 4.21 Å². The van der Waals surface area contributed by atoms with Crippen molar-refractivity contribution in [2.45, 2.75) is 4.08 Å². The van der Waals surface area contributed by atoms with Gasteiger partial charge in [0.1, 0.15) is 4.08 Å². The van der Waals surface area contributed by atoms with Crippen LogP contribution in [0.2, 0.25) is 0 Å². The molecule has 1 unspecified atom stereocenters. The van der Waals surface area contributed by atoms with Crippen molar-refractivity contribution in [1.82, 2.24) is 0 Å². The number of hydrogen-bond donors (Lipinski definition) is 0. The summed E-state index contributed by atoms with van der Waals surface area (Å²) in [7, 11) is -0.858. The summed E-state index contributed by atoms with van der Waals surface area (Å²) in [6.07, 6.45) is 0. The van der Waals surface area contributed by atoms with Crippen molar-refractivity contribution in [2.75, 3.05) is 11.5 Å². The second-order valence-electron chi connectivity index (χ2n) is 4.25. The fourth-order valence-corrected chi connectivity index (χ4v) is 6.32. The van der Waals surface area contributed by atoms with Crippen molar-refractivity contribution in [3.63, 3.8) is 0 Å². The minimum atomic E-state index is -0.858. The molecule has 92 valence electrons. The summed E-state index contributed by atoms with van der Waals surface area (Å²) >= 11 is 1.80. The molecule has 0 N–H and O–H groups in total. The van der Waals surface area contributed by atoms with E-state index in [1.807, 2.05) is 36.4 Å². The molecule has 1 saturated heterocycles. The fourth-order valence-electron chi connectivity index (χ4n) is 2.38. The van der Waals surface area contributed by atoms with Crippen molar-refractivity contribution in [3.8, 4) is 0 Å². The van der Waals surface area contributed by atoms with E-state index < -0.39 is 10.8 Å². The van der Waals surface area contributed by atoms with E-state index >= 15 is 0 Å². The summed E-state index contributed by atoms with van der Waals surface area (Å²) in [6.45, 7) is 0. The average Bonchev–Trinajstić information content (AvgIpc) is 2.84. The summed E-state index contributed by atoms with van der Waals surface area (Å²) < 4.78 is 12.2. The molecule has 1 nitrogen and oxygen atoms in total. The Kier molecular flexibility index (Phi) is 3.27. The van der Waals surface area contributed by atoms with Gasteiger partial charge in [-0.25, -0.2) is 0 Å². The molecule has 0 radical (unpaired) electrons. The molecule has 1 aliphatic heterocycles. The zero-order valence-corrected chi connectivity index (χ0v) is 11.5. The highest BCUT2D eigenvalue weighted by molar-refractivity contribution is 8.15. The minimum absolute atomic E-state index is 0.372. The molecule has 0 bridgehead atoms. The van der Waals surface area contributed by atoms with E-state index in [0.29, 0.717) is 0 Å². The zero-order chi connectivity index (χ0) is 12.4. The maximum absolute atomic E-state index is 12.6. The molecule has 0 aliphatic carbocycles. The summed E-state index contributed by atoms with van der Waals surface area (Å²) in [5.74, 6) is 1.73. The molecule has 1 fully saturated rings. The molecule has 3 heteroatoms. The Labute approximate surface area is 114 Å². The third kappa shape index (κ3) is 1.82. The maximum atomic E-state index is 12.6. The molecular weight excluding hydrogens is 260 g/mol. The van der Waals surface area contributed by atoms with Crippen LogP contribution in [0.15, 0.2) is 60.7 Å². The van der Waals surface area contributed by atoms with E-state index in [1.54, 1.807) is 11.8 Å². The molecule has 2 aromatic rings. The Balaban J connectivity index is 2.20. The summed E-state index contributed by atoms with van der Waals surface area (Å²) in [5.41, 5.74) is 2.30. The van der Waals surface area contributed by atoms with Crippen LogP contribution >= 0.6 is 11.8 Å². The molecule has 1 atom stereocenters. The van der Waals surface area contributed by atoms with Crippen LogP contribution in [0.3, 0.4) is 0 Å². The molecule has 1 heterocycles. The Morgan fingerprint density at radius 1 is 0.889 bits per heavy atom. The van der Waals surface area contributed by atoms with Gasteiger partial charge < -0.3 is 0 Å². The molecule has 0 amide bonds. The van der Waals surface area contributed by atoms with Crippen LogP contribution < -0.4 is 0 Å². The molecule has 2 aromatic carbocycles. The quantitative estimate of drug-likeness (QED) is 0.835. The number of thioether (sulfide) groups is 1. The van der Waals surface area contributed by atoms with Crippen molar-refractivity contribution < 1.29 is 4.21 Å². The largest absolute Gasteiger partial charge is 0.257 e. The maximum Gasteiger partial charge on any atom is 0.141 e. The Morgan fingerprint density at radius 2 is 1.39 bits per heavy atom. The third-order valence-electron chi connectivity index (χ3n) is 3.20. The minimum Gasteiger partial charge on any atom is -0.257 e. The highest BCUT2D eigenvalue weighted by Gasteiger charge is 2.44. The van der Waals surface area contributed by atoms with Gasteiger partial charge in [-0.2, -0.15) is 0 Å². The highest BCUT2D eigenvalue weighted by atomic mass is 32.2. The van der Waals surface area contributed by atoms with Gasteiger partial charge in [0.25, 0.3) is 0 Å². The van der Waals surface area contributed by atoms with Crippen LogP contribution in [-0.2, 0) is 14.9 Å². The Hall–Kier alpha value is -1.06. The topological polar surface area (TPSA) is 17.1 Å². The number of hydrogen-bond acceptors (Lipinski definition) is 2. The molecule has 0 aromatic heterocycles. The lowest BCUT2D eigenvalue weighted by atomic mass is 10.0. The highest BCUT2D eigenvalue weighted by Crippen LogP contribution is 2.49. The van der Waals surface area contributed by atoms with Crippen LogP contribution in [-0.4, -0.2) is 15.7 Å². The molecule has 0 spiro atoms. The first-order chi connectivity index (χ1) is 8.84. The van der Waals surface area contributed by atoms with Gasteiger partial charge in [0.2, 0.25) is 0 Å². The van der Waals surface area contributed by atoms with E-state index in [4.69, 9.17) is 0 Å². The van der Waals surface area contributed by atoms with Gasteiger partial charge in [0, 0.05) is 22.3 Å². The first-order valence-electron chi connectivity index (χ1n) is 5.97. The van der Waals surface area contributed by atoms with Crippen molar-refractivity contribution in [3.05, 3.63) is 71.8 Å². The Morgan fingerprint density at radius 3 is 1.78 bits per heavy atom. The smallest absolute Gasteiger partial charge is 0.141 e. The van der Waals surface area contributed by atoms with Crippen molar-refractivity contribution >= 4 is 22.6 Å². The van der Waals surface area contributed by atoms with E-state index in [-0.39, 0.29) is 4.08 Å². The van der Waals surface area contributed by atoms with Gasteiger partial charge in [0.05, 0.1) is 0 Å². The van der Waals surface area contributed by atoms with Gasteiger partial charge in [-0.15, -0.1) is 11.8 Å². The zero-order valence-electron chi connectivity index (χ0n) is 9.91. The molecule has 18 heavy (non-hydrogen) atoms. The lowest BCUT2D eigenvalue weighted by Gasteiger charge is -2.28. The SMILES string of the molecule is O=S1CCSC1(c1ccccc1)c1ccccc1. The average molecular weight is 274 g/mol. The van der Waals surface area contributed by atoms with E-state index in [2.05, 4.69) is 24.3 Å². The van der Waals surface area contributed by atoms with Crippen molar-refractivity contribution in [1.29, 1.82) is 0 Å².